The first-order valence-electron chi connectivity index (χ1n) is 7.09. The second-order valence-corrected chi connectivity index (χ2v) is 5.34. The molecule has 0 radical (unpaired) electrons. The second-order valence-electron chi connectivity index (χ2n) is 5.34. The van der Waals surface area contributed by atoms with E-state index in [1.54, 1.807) is 0 Å². The maximum atomic E-state index is 11.9. The van der Waals surface area contributed by atoms with Crippen LogP contribution in [0.1, 0.15) is 31.4 Å². The van der Waals surface area contributed by atoms with Crippen molar-refractivity contribution in [3.63, 3.8) is 0 Å². The third-order valence-corrected chi connectivity index (χ3v) is 3.72. The minimum absolute atomic E-state index is 0.0691. The number of nitrogens with two attached hydrogens (primary N) is 1. The molecule has 1 aromatic rings. The van der Waals surface area contributed by atoms with E-state index in [-0.39, 0.29) is 18.5 Å². The molecule has 3 atom stereocenters. The first kappa shape index (κ1) is 15.3. The number of urea groups is 1. The molecule has 116 valence electrons. The summed E-state index contributed by atoms with van der Waals surface area (Å²) < 4.78 is 0. The van der Waals surface area contributed by atoms with Gasteiger partial charge in [-0.05, 0) is 12.8 Å². The van der Waals surface area contributed by atoms with Gasteiger partial charge in [-0.2, -0.15) is 0 Å². The fraction of sp³-hybridized carbons (Fsp3) is 0.615. The monoisotopic (exact) mass is 295 g/mol. The highest BCUT2D eigenvalue weighted by atomic mass is 16.4. The Hall–Kier alpha value is -2.09. The van der Waals surface area contributed by atoms with E-state index in [1.807, 2.05) is 0 Å². The van der Waals surface area contributed by atoms with Gasteiger partial charge in [-0.15, -0.1) is 0 Å². The molecule has 21 heavy (non-hydrogen) atoms. The molecular weight excluding hydrogens is 274 g/mol. The molecule has 1 aliphatic rings. The van der Waals surface area contributed by atoms with Crippen molar-refractivity contribution in [3.8, 4) is 0 Å². The normalized spacial score (nSPS) is 23.3. The van der Waals surface area contributed by atoms with Gasteiger partial charge in [-0.3, -0.25) is 0 Å². The van der Waals surface area contributed by atoms with Gasteiger partial charge in [0.2, 0.25) is 0 Å². The quantitative estimate of drug-likeness (QED) is 0.520. The maximum Gasteiger partial charge on any atom is 0.326 e. The second kappa shape index (κ2) is 7.07. The lowest BCUT2D eigenvalue weighted by Crippen LogP contribution is -2.55. The van der Waals surface area contributed by atoms with Gasteiger partial charge < -0.3 is 26.5 Å². The molecule has 0 aliphatic heterocycles. The van der Waals surface area contributed by atoms with Crippen molar-refractivity contribution in [1.82, 2.24) is 20.6 Å². The van der Waals surface area contributed by atoms with E-state index in [4.69, 9.17) is 5.73 Å². The Morgan fingerprint density at radius 3 is 2.86 bits per heavy atom. The number of aromatic nitrogens is 2. The van der Waals surface area contributed by atoms with Crippen molar-refractivity contribution in [1.29, 1.82) is 0 Å². The SMILES string of the molecule is NC1CCCCC1NC(=O)NC(Cc1cnc[nH]1)C(=O)O. The van der Waals surface area contributed by atoms with Gasteiger partial charge in [0.1, 0.15) is 6.04 Å². The number of carboxylic acid groups (broad SMARTS) is 1. The predicted octanol–water partition coefficient (Wildman–Crippen LogP) is -0.0255. The summed E-state index contributed by atoms with van der Waals surface area (Å²) in [6, 6.07) is -1.67. The van der Waals surface area contributed by atoms with Gasteiger partial charge in [0.15, 0.2) is 0 Å². The van der Waals surface area contributed by atoms with Crippen LogP contribution in [0.3, 0.4) is 0 Å². The van der Waals surface area contributed by atoms with Crippen molar-refractivity contribution in [2.45, 2.75) is 50.2 Å². The number of hydrogen-bond acceptors (Lipinski definition) is 4. The van der Waals surface area contributed by atoms with Crippen molar-refractivity contribution >= 4 is 12.0 Å². The van der Waals surface area contributed by atoms with Crippen LogP contribution in [-0.4, -0.2) is 45.2 Å². The van der Waals surface area contributed by atoms with Crippen LogP contribution in [0.25, 0.3) is 0 Å². The largest absolute Gasteiger partial charge is 0.480 e. The molecule has 8 heteroatoms. The smallest absolute Gasteiger partial charge is 0.326 e. The molecule has 0 bridgehead atoms. The number of carbonyl (C=O) groups excluding carboxylic acids is 1. The number of amides is 2. The average molecular weight is 295 g/mol. The van der Waals surface area contributed by atoms with Crippen LogP contribution in [0.4, 0.5) is 4.79 Å². The number of aliphatic carboxylic acids is 1. The van der Waals surface area contributed by atoms with Crippen LogP contribution < -0.4 is 16.4 Å². The van der Waals surface area contributed by atoms with E-state index in [1.165, 1.54) is 12.5 Å². The number of carboxylic acids is 1. The topological polar surface area (TPSA) is 133 Å². The Labute approximate surface area is 122 Å². The van der Waals surface area contributed by atoms with Gasteiger partial charge in [0.05, 0.1) is 6.33 Å². The average Bonchev–Trinajstić information content (AvgIpc) is 2.93. The van der Waals surface area contributed by atoms with Gasteiger partial charge in [0.25, 0.3) is 0 Å². The summed E-state index contributed by atoms with van der Waals surface area (Å²) in [4.78, 5) is 29.8. The standard InChI is InChI=1S/C13H21N5O3/c14-9-3-1-2-4-10(9)17-13(21)18-11(12(19)20)5-8-6-15-7-16-8/h6-7,9-11H,1-5,14H2,(H,15,16)(H,19,20)(H2,17,18,21). The van der Waals surface area contributed by atoms with Gasteiger partial charge in [0, 0.05) is 30.4 Å². The third kappa shape index (κ3) is 4.45. The van der Waals surface area contributed by atoms with Gasteiger partial charge >= 0.3 is 12.0 Å². The zero-order chi connectivity index (χ0) is 15.2. The Morgan fingerprint density at radius 2 is 2.24 bits per heavy atom. The zero-order valence-corrected chi connectivity index (χ0v) is 11.7. The minimum Gasteiger partial charge on any atom is -0.480 e. The fourth-order valence-electron chi connectivity index (χ4n) is 2.52. The Balaban J connectivity index is 1.87. The Bertz CT molecular complexity index is 476. The number of nitrogens with one attached hydrogen (secondary N) is 3. The number of rotatable bonds is 5. The van der Waals surface area contributed by atoms with E-state index in [0.717, 1.165) is 25.7 Å². The third-order valence-electron chi connectivity index (χ3n) is 3.72. The molecular formula is C13H21N5O3. The Kier molecular flexibility index (Phi) is 5.15. The van der Waals surface area contributed by atoms with Crippen LogP contribution in [0.15, 0.2) is 12.5 Å². The molecule has 1 fully saturated rings. The fourth-order valence-corrected chi connectivity index (χ4v) is 2.52. The zero-order valence-electron chi connectivity index (χ0n) is 11.7. The lowest BCUT2D eigenvalue weighted by Gasteiger charge is -2.29. The summed E-state index contributed by atoms with van der Waals surface area (Å²) >= 11 is 0. The summed E-state index contributed by atoms with van der Waals surface area (Å²) in [5.74, 6) is -1.09. The molecule has 1 aliphatic carbocycles. The van der Waals surface area contributed by atoms with E-state index < -0.39 is 18.0 Å². The highest BCUT2D eigenvalue weighted by Crippen LogP contribution is 2.16. The summed E-state index contributed by atoms with van der Waals surface area (Å²) in [5, 5.41) is 14.4. The van der Waals surface area contributed by atoms with Crippen molar-refractivity contribution < 1.29 is 14.7 Å². The number of imidazole rings is 1. The van der Waals surface area contributed by atoms with Gasteiger partial charge in [-0.25, -0.2) is 14.6 Å². The number of nitrogens with zero attached hydrogens (tertiary/aromatic N) is 1. The molecule has 0 saturated heterocycles. The molecule has 8 nitrogen and oxygen atoms in total. The predicted molar refractivity (Wildman–Crippen MR) is 75.6 cm³/mol. The molecule has 0 spiro atoms. The van der Waals surface area contributed by atoms with Crippen LogP contribution >= 0.6 is 0 Å². The summed E-state index contributed by atoms with van der Waals surface area (Å²) in [6.45, 7) is 0. The highest BCUT2D eigenvalue weighted by molar-refractivity contribution is 5.82. The van der Waals surface area contributed by atoms with Crippen LogP contribution in [0, 0.1) is 0 Å². The summed E-state index contributed by atoms with van der Waals surface area (Å²) in [7, 11) is 0. The Morgan fingerprint density at radius 1 is 1.48 bits per heavy atom. The molecule has 3 unspecified atom stereocenters. The van der Waals surface area contributed by atoms with Crippen LogP contribution in [0.2, 0.25) is 0 Å². The van der Waals surface area contributed by atoms with E-state index in [0.29, 0.717) is 5.69 Å². The number of aromatic amines is 1. The molecule has 2 rings (SSSR count). The van der Waals surface area contributed by atoms with E-state index >= 15 is 0 Å². The number of hydrogen-bond donors (Lipinski definition) is 5. The van der Waals surface area contributed by atoms with E-state index in [9.17, 15) is 14.7 Å². The number of carbonyl (C=O) groups is 2. The maximum absolute atomic E-state index is 11.9. The summed E-state index contributed by atoms with van der Waals surface area (Å²) in [6.07, 6.45) is 6.95. The van der Waals surface area contributed by atoms with Crippen molar-refractivity contribution in [3.05, 3.63) is 18.2 Å². The lowest BCUT2D eigenvalue weighted by atomic mass is 9.91. The molecule has 1 aromatic heterocycles. The first-order chi connectivity index (χ1) is 10.1. The first-order valence-corrected chi connectivity index (χ1v) is 7.09. The van der Waals surface area contributed by atoms with E-state index in [2.05, 4.69) is 20.6 Å². The molecule has 6 N–H and O–H groups in total. The number of H-pyrrole nitrogens is 1. The van der Waals surface area contributed by atoms with Crippen molar-refractivity contribution in [2.24, 2.45) is 5.73 Å². The molecule has 2 amide bonds. The highest BCUT2D eigenvalue weighted by Gasteiger charge is 2.26. The minimum atomic E-state index is -1.09. The summed E-state index contributed by atoms with van der Waals surface area (Å²) in [5.41, 5.74) is 6.61. The molecule has 1 heterocycles. The van der Waals surface area contributed by atoms with Crippen molar-refractivity contribution in [2.75, 3.05) is 0 Å². The lowest BCUT2D eigenvalue weighted by molar-refractivity contribution is -0.139. The molecule has 0 aromatic carbocycles. The van der Waals surface area contributed by atoms with Crippen LogP contribution in [0.5, 0.6) is 0 Å². The molecule has 1 saturated carbocycles. The van der Waals surface area contributed by atoms with Crippen LogP contribution in [-0.2, 0) is 11.2 Å². The van der Waals surface area contributed by atoms with Gasteiger partial charge in [-0.1, -0.05) is 12.8 Å².